The van der Waals surface area contributed by atoms with Crippen molar-refractivity contribution in [1.82, 2.24) is 4.57 Å². The van der Waals surface area contributed by atoms with Crippen LogP contribution in [0.2, 0.25) is 0 Å². The van der Waals surface area contributed by atoms with Crippen molar-refractivity contribution in [3.63, 3.8) is 0 Å². The maximum Gasteiger partial charge on any atom is 0.191 e. The minimum absolute atomic E-state index is 0.271. The average Bonchev–Trinajstić information content (AvgIpc) is 2.70. The van der Waals surface area contributed by atoms with Crippen LogP contribution in [0.15, 0.2) is 34.9 Å². The molecular formula is C11H9NO2. The molecule has 3 heteroatoms. The van der Waals surface area contributed by atoms with Gasteiger partial charge in [0.25, 0.3) is 0 Å². The van der Waals surface area contributed by atoms with E-state index in [0.717, 1.165) is 21.9 Å². The highest BCUT2D eigenvalue weighted by Crippen LogP contribution is 2.28. The van der Waals surface area contributed by atoms with Crippen LogP contribution in [0, 0.1) is 0 Å². The van der Waals surface area contributed by atoms with Gasteiger partial charge in [-0.3, -0.25) is 0 Å². The van der Waals surface area contributed by atoms with Gasteiger partial charge in [-0.15, -0.1) is 0 Å². The van der Waals surface area contributed by atoms with Gasteiger partial charge in [-0.2, -0.15) is 0 Å². The quantitative estimate of drug-likeness (QED) is 0.587. The normalized spacial score (nSPS) is 11.5. The molecule has 0 aliphatic rings. The van der Waals surface area contributed by atoms with Crippen LogP contribution in [0.4, 0.5) is 0 Å². The van der Waals surface area contributed by atoms with Crippen LogP contribution in [0.25, 0.3) is 21.9 Å². The first-order valence-electron chi connectivity index (χ1n) is 4.41. The van der Waals surface area contributed by atoms with Crippen molar-refractivity contribution in [1.29, 1.82) is 0 Å². The predicted octanol–water partition coefficient (Wildman–Crippen LogP) is 2.63. The van der Waals surface area contributed by atoms with Crippen LogP contribution < -0.4 is 0 Å². The van der Waals surface area contributed by atoms with Crippen molar-refractivity contribution in [3.05, 3.63) is 30.5 Å². The Morgan fingerprint density at radius 2 is 2.07 bits per heavy atom. The monoisotopic (exact) mass is 187 g/mol. The van der Waals surface area contributed by atoms with Gasteiger partial charge in [-0.05, 0) is 18.2 Å². The van der Waals surface area contributed by atoms with Gasteiger partial charge in [0.15, 0.2) is 5.88 Å². The third kappa shape index (κ3) is 0.812. The molecule has 70 valence electrons. The van der Waals surface area contributed by atoms with Crippen LogP contribution in [0.5, 0.6) is 5.88 Å². The van der Waals surface area contributed by atoms with Crippen molar-refractivity contribution in [2.45, 2.75) is 0 Å². The van der Waals surface area contributed by atoms with E-state index in [1.807, 2.05) is 25.2 Å². The molecule has 0 saturated heterocycles. The Balaban J connectivity index is 2.56. The van der Waals surface area contributed by atoms with E-state index >= 15 is 0 Å². The number of aromatic hydroxyl groups is 1. The van der Waals surface area contributed by atoms with Crippen LogP contribution in [-0.4, -0.2) is 9.67 Å². The summed E-state index contributed by atoms with van der Waals surface area (Å²) < 4.78 is 7.04. The molecule has 0 atom stereocenters. The molecule has 3 nitrogen and oxygen atoms in total. The molecule has 0 bridgehead atoms. The molecule has 1 aromatic carbocycles. The number of aryl methyl sites for hydroxylation is 1. The van der Waals surface area contributed by atoms with Gasteiger partial charge >= 0.3 is 0 Å². The van der Waals surface area contributed by atoms with Crippen molar-refractivity contribution in [2.75, 3.05) is 0 Å². The van der Waals surface area contributed by atoms with E-state index in [1.54, 1.807) is 16.9 Å². The van der Waals surface area contributed by atoms with Gasteiger partial charge in [0.2, 0.25) is 0 Å². The van der Waals surface area contributed by atoms with Crippen molar-refractivity contribution in [2.24, 2.45) is 7.05 Å². The Morgan fingerprint density at radius 3 is 2.93 bits per heavy atom. The van der Waals surface area contributed by atoms with E-state index in [-0.39, 0.29) is 5.88 Å². The second-order valence-electron chi connectivity index (χ2n) is 3.43. The fourth-order valence-electron chi connectivity index (χ4n) is 1.78. The molecule has 0 fully saturated rings. The zero-order chi connectivity index (χ0) is 9.71. The Hall–Kier alpha value is -1.90. The predicted molar refractivity (Wildman–Crippen MR) is 54.4 cm³/mol. The second kappa shape index (κ2) is 2.32. The SMILES string of the molecule is Cn1c(O)cc2cc3occc3cc21. The molecule has 0 aliphatic carbocycles. The molecule has 3 rings (SSSR count). The zero-order valence-electron chi connectivity index (χ0n) is 7.69. The summed E-state index contributed by atoms with van der Waals surface area (Å²) in [7, 11) is 1.84. The minimum Gasteiger partial charge on any atom is -0.494 e. The largest absolute Gasteiger partial charge is 0.494 e. The lowest BCUT2D eigenvalue weighted by Crippen LogP contribution is -1.84. The van der Waals surface area contributed by atoms with Gasteiger partial charge in [0, 0.05) is 23.9 Å². The molecule has 0 saturated carbocycles. The van der Waals surface area contributed by atoms with E-state index in [4.69, 9.17) is 4.42 Å². The number of fused-ring (bicyclic) bond motifs is 2. The molecule has 2 aromatic heterocycles. The highest BCUT2D eigenvalue weighted by molar-refractivity contribution is 5.95. The van der Waals surface area contributed by atoms with Gasteiger partial charge in [0.1, 0.15) is 5.58 Å². The summed E-state index contributed by atoms with van der Waals surface area (Å²) in [4.78, 5) is 0. The van der Waals surface area contributed by atoms with E-state index in [9.17, 15) is 5.11 Å². The summed E-state index contributed by atoms with van der Waals surface area (Å²) >= 11 is 0. The van der Waals surface area contributed by atoms with E-state index < -0.39 is 0 Å². The van der Waals surface area contributed by atoms with Gasteiger partial charge < -0.3 is 14.1 Å². The fraction of sp³-hybridized carbons (Fsp3) is 0.0909. The number of hydrogen-bond donors (Lipinski definition) is 1. The van der Waals surface area contributed by atoms with Crippen molar-refractivity contribution >= 4 is 21.9 Å². The Morgan fingerprint density at radius 1 is 1.21 bits per heavy atom. The third-order valence-corrected chi connectivity index (χ3v) is 2.59. The molecule has 0 radical (unpaired) electrons. The number of aromatic nitrogens is 1. The summed E-state index contributed by atoms with van der Waals surface area (Å²) in [6.45, 7) is 0. The topological polar surface area (TPSA) is 38.3 Å². The Kier molecular flexibility index (Phi) is 1.24. The lowest BCUT2D eigenvalue weighted by atomic mass is 10.2. The van der Waals surface area contributed by atoms with Gasteiger partial charge in [-0.1, -0.05) is 0 Å². The zero-order valence-corrected chi connectivity index (χ0v) is 7.69. The minimum atomic E-state index is 0.271. The number of rotatable bonds is 0. The summed E-state index contributed by atoms with van der Waals surface area (Å²) in [5, 5.41) is 11.6. The molecule has 1 N–H and O–H groups in total. The average molecular weight is 187 g/mol. The Bertz CT molecular complexity index is 619. The van der Waals surface area contributed by atoms with Gasteiger partial charge in [0.05, 0.1) is 11.8 Å². The van der Waals surface area contributed by atoms with Crippen molar-refractivity contribution < 1.29 is 9.52 Å². The third-order valence-electron chi connectivity index (χ3n) is 2.59. The summed E-state index contributed by atoms with van der Waals surface area (Å²) in [5.74, 6) is 0.271. The van der Waals surface area contributed by atoms with Gasteiger partial charge in [-0.25, -0.2) is 0 Å². The number of nitrogens with zero attached hydrogens (tertiary/aromatic N) is 1. The molecule has 0 unspecified atom stereocenters. The summed E-state index contributed by atoms with van der Waals surface area (Å²) in [6.07, 6.45) is 1.67. The van der Waals surface area contributed by atoms with Crippen LogP contribution in [0.1, 0.15) is 0 Å². The van der Waals surface area contributed by atoms with E-state index in [0.29, 0.717) is 0 Å². The maximum absolute atomic E-state index is 9.52. The van der Waals surface area contributed by atoms with Crippen LogP contribution in [-0.2, 0) is 7.05 Å². The smallest absolute Gasteiger partial charge is 0.191 e. The number of hydrogen-bond acceptors (Lipinski definition) is 2. The van der Waals surface area contributed by atoms with Crippen molar-refractivity contribution in [3.8, 4) is 5.88 Å². The molecule has 0 amide bonds. The van der Waals surface area contributed by atoms with Crippen LogP contribution in [0.3, 0.4) is 0 Å². The first-order chi connectivity index (χ1) is 6.75. The standard InChI is InChI=1S/C11H9NO2/c1-12-9-4-7-2-3-14-10(7)5-8(9)6-11(12)13/h2-6,13H,1H3. The maximum atomic E-state index is 9.52. The lowest BCUT2D eigenvalue weighted by molar-refractivity contribution is 0.435. The van der Waals surface area contributed by atoms with E-state index in [2.05, 4.69) is 0 Å². The second-order valence-corrected chi connectivity index (χ2v) is 3.43. The molecular weight excluding hydrogens is 178 g/mol. The summed E-state index contributed by atoms with van der Waals surface area (Å²) in [5.41, 5.74) is 1.86. The highest BCUT2D eigenvalue weighted by Gasteiger charge is 2.06. The molecule has 0 aliphatic heterocycles. The van der Waals surface area contributed by atoms with Crippen LogP contribution >= 0.6 is 0 Å². The van der Waals surface area contributed by atoms with E-state index in [1.165, 1.54) is 0 Å². The highest BCUT2D eigenvalue weighted by atomic mass is 16.3. The first kappa shape index (κ1) is 7.50. The molecule has 14 heavy (non-hydrogen) atoms. The summed E-state index contributed by atoms with van der Waals surface area (Å²) in [6, 6.07) is 7.59. The molecule has 0 spiro atoms. The Labute approximate surface area is 80.2 Å². The fourth-order valence-corrected chi connectivity index (χ4v) is 1.78. The number of benzene rings is 1. The molecule has 2 heterocycles. The number of furan rings is 1. The molecule has 3 aromatic rings. The lowest BCUT2D eigenvalue weighted by Gasteiger charge is -1.96. The first-order valence-corrected chi connectivity index (χ1v) is 4.41.